The molecule has 0 saturated carbocycles. The molecule has 0 spiro atoms. The van der Waals surface area contributed by atoms with Gasteiger partial charge in [-0.1, -0.05) is 43.7 Å². The quantitative estimate of drug-likeness (QED) is 0.126. The molecule has 0 radical (unpaired) electrons. The number of primary amides is 1. The molecule has 2 aliphatic heterocycles. The number of carbonyl (C=O) groups excluding carboxylic acids is 2. The zero-order valence-electron chi connectivity index (χ0n) is 32.9. The van der Waals surface area contributed by atoms with Gasteiger partial charge in [-0.3, -0.25) is 14.5 Å². The van der Waals surface area contributed by atoms with E-state index in [1.807, 2.05) is 28.8 Å². The van der Waals surface area contributed by atoms with Gasteiger partial charge in [-0.25, -0.2) is 9.67 Å². The fourth-order valence-corrected chi connectivity index (χ4v) is 8.21. The maximum absolute atomic E-state index is 14.8. The van der Waals surface area contributed by atoms with Crippen LogP contribution in [0.2, 0.25) is 0 Å². The first kappa shape index (κ1) is 38.2. The molecule has 2 aliphatic rings. The van der Waals surface area contributed by atoms with Gasteiger partial charge in [-0.05, 0) is 130 Å². The second kappa shape index (κ2) is 17.2. The Morgan fingerprint density at radius 2 is 1.71 bits per heavy atom. The van der Waals surface area contributed by atoms with E-state index in [4.69, 9.17) is 20.6 Å². The molecule has 2 amide bonds. The lowest BCUT2D eigenvalue weighted by Crippen LogP contribution is -2.33. The SMILES string of the molecule is CCc1nc2c(cnn2CC)c(NC2CCOCC2)c1CN(Cc1ccc(C)c(-c2cccc(CN3CCCCC3)c2)c1)C(=O)c1cc(C)cc(C(N)=O)c1. The largest absolute Gasteiger partial charge is 0.381 e. The van der Waals surface area contributed by atoms with E-state index in [9.17, 15) is 9.59 Å². The Hall–Kier alpha value is -5.06. The van der Waals surface area contributed by atoms with Crippen LogP contribution in [0.3, 0.4) is 0 Å². The minimum absolute atomic E-state index is 0.180. The molecular formula is C45H55N7O3. The number of hydrogen-bond donors (Lipinski definition) is 2. The number of amides is 2. The van der Waals surface area contributed by atoms with Crippen LogP contribution in [0.1, 0.15) is 100 Å². The summed E-state index contributed by atoms with van der Waals surface area (Å²) < 4.78 is 7.64. The number of aromatic nitrogens is 3. The van der Waals surface area contributed by atoms with Crippen LogP contribution in [0, 0.1) is 13.8 Å². The van der Waals surface area contributed by atoms with Crippen LogP contribution >= 0.6 is 0 Å². The number of anilines is 1. The number of likely N-dealkylation sites (tertiary alicyclic amines) is 1. The Balaban J connectivity index is 1.29. The van der Waals surface area contributed by atoms with E-state index in [0.29, 0.717) is 50.4 Å². The number of nitrogens with two attached hydrogens (primary N) is 1. The van der Waals surface area contributed by atoms with E-state index >= 15 is 0 Å². The van der Waals surface area contributed by atoms with Crippen molar-refractivity contribution >= 4 is 28.5 Å². The molecule has 7 rings (SSSR count). The molecule has 10 nitrogen and oxygen atoms in total. The normalized spacial score (nSPS) is 15.3. The molecule has 288 valence electrons. The molecule has 0 atom stereocenters. The summed E-state index contributed by atoms with van der Waals surface area (Å²) in [5.41, 5.74) is 16.8. The minimum atomic E-state index is -0.561. The number of carbonyl (C=O) groups is 2. The van der Waals surface area contributed by atoms with Crippen molar-refractivity contribution in [2.24, 2.45) is 5.73 Å². The van der Waals surface area contributed by atoms with Crippen LogP contribution < -0.4 is 11.1 Å². The number of benzene rings is 3. The minimum Gasteiger partial charge on any atom is -0.381 e. The molecule has 10 heteroatoms. The summed E-state index contributed by atoms with van der Waals surface area (Å²) >= 11 is 0. The first-order valence-corrected chi connectivity index (χ1v) is 20.0. The van der Waals surface area contributed by atoms with Crippen molar-refractivity contribution in [2.45, 2.75) is 98.4 Å². The lowest BCUT2D eigenvalue weighted by Gasteiger charge is -2.29. The first-order chi connectivity index (χ1) is 26.7. The molecule has 5 aromatic rings. The van der Waals surface area contributed by atoms with Gasteiger partial charge in [0.15, 0.2) is 5.65 Å². The van der Waals surface area contributed by atoms with E-state index in [0.717, 1.165) is 77.1 Å². The zero-order chi connectivity index (χ0) is 38.5. The molecule has 0 unspecified atom stereocenters. The van der Waals surface area contributed by atoms with Gasteiger partial charge >= 0.3 is 0 Å². The Labute approximate surface area is 325 Å². The van der Waals surface area contributed by atoms with Gasteiger partial charge in [-0.2, -0.15) is 5.10 Å². The van der Waals surface area contributed by atoms with Gasteiger partial charge in [0.2, 0.25) is 5.91 Å². The predicted molar refractivity (Wildman–Crippen MR) is 219 cm³/mol. The van der Waals surface area contributed by atoms with E-state index in [1.165, 1.54) is 36.0 Å². The number of nitrogens with one attached hydrogen (secondary N) is 1. The molecule has 3 aromatic carbocycles. The second-order valence-corrected chi connectivity index (χ2v) is 15.3. The van der Waals surface area contributed by atoms with Crippen LogP contribution in [-0.4, -0.2) is 68.7 Å². The summed E-state index contributed by atoms with van der Waals surface area (Å²) in [6, 6.07) is 20.8. The van der Waals surface area contributed by atoms with Crippen molar-refractivity contribution < 1.29 is 14.3 Å². The van der Waals surface area contributed by atoms with Crippen molar-refractivity contribution in [3.8, 4) is 11.1 Å². The van der Waals surface area contributed by atoms with Gasteiger partial charge in [0.1, 0.15) is 0 Å². The van der Waals surface area contributed by atoms with Crippen LogP contribution in [0.15, 0.2) is 66.9 Å². The van der Waals surface area contributed by atoms with E-state index < -0.39 is 5.91 Å². The molecule has 4 heterocycles. The highest BCUT2D eigenvalue weighted by atomic mass is 16.5. The average Bonchev–Trinajstić information content (AvgIpc) is 3.62. The Morgan fingerprint density at radius 3 is 2.45 bits per heavy atom. The standard InChI is InChI=1S/C45H55N7O3/c1-5-41-40(42(48-37-15-19-55-20-16-37)39-26-47-52(6-2)44(39)49-41)29-51(45(54)36-22-30(3)21-35(25-36)43(46)53)28-33-14-13-31(4)38(24-33)34-12-10-11-32(23-34)27-50-17-8-7-9-18-50/h10-14,21-26,37H,5-9,15-20,27-29H2,1-4H3,(H2,46,53)(H,48,49). The van der Waals surface area contributed by atoms with Crippen LogP contribution in [-0.2, 0) is 37.3 Å². The van der Waals surface area contributed by atoms with Crippen molar-refractivity contribution in [1.82, 2.24) is 24.6 Å². The lowest BCUT2D eigenvalue weighted by molar-refractivity contribution is 0.0729. The number of piperidine rings is 1. The fraction of sp³-hybridized carbons (Fsp3) is 0.422. The summed E-state index contributed by atoms with van der Waals surface area (Å²) in [5.74, 6) is -0.742. The van der Waals surface area contributed by atoms with Gasteiger partial charge in [0, 0.05) is 61.3 Å². The molecule has 2 aromatic heterocycles. The maximum Gasteiger partial charge on any atom is 0.254 e. The average molecular weight is 742 g/mol. The van der Waals surface area contributed by atoms with Crippen LogP contribution in [0.25, 0.3) is 22.2 Å². The van der Waals surface area contributed by atoms with Crippen molar-refractivity contribution in [3.63, 3.8) is 0 Å². The topological polar surface area (TPSA) is 119 Å². The van der Waals surface area contributed by atoms with Gasteiger partial charge in [-0.15, -0.1) is 0 Å². The molecule has 0 bridgehead atoms. The molecule has 3 N–H and O–H groups in total. The Kier molecular flexibility index (Phi) is 11.9. The number of fused-ring (bicyclic) bond motifs is 1. The first-order valence-electron chi connectivity index (χ1n) is 20.0. The van der Waals surface area contributed by atoms with Crippen LogP contribution in [0.4, 0.5) is 5.69 Å². The van der Waals surface area contributed by atoms with Gasteiger partial charge in [0.05, 0.1) is 23.8 Å². The maximum atomic E-state index is 14.8. The third-order valence-corrected chi connectivity index (χ3v) is 11.2. The Bertz CT molecular complexity index is 2160. The van der Waals surface area contributed by atoms with Crippen molar-refractivity contribution in [2.75, 3.05) is 31.6 Å². The number of nitrogens with zero attached hydrogens (tertiary/aromatic N) is 5. The smallest absolute Gasteiger partial charge is 0.254 e. The number of rotatable bonds is 13. The highest BCUT2D eigenvalue weighted by Crippen LogP contribution is 2.34. The zero-order valence-corrected chi connectivity index (χ0v) is 32.9. The van der Waals surface area contributed by atoms with Crippen LogP contribution in [0.5, 0.6) is 0 Å². The van der Waals surface area contributed by atoms with E-state index in [1.54, 1.807) is 12.1 Å². The highest BCUT2D eigenvalue weighted by Gasteiger charge is 2.26. The highest BCUT2D eigenvalue weighted by molar-refractivity contribution is 6.00. The summed E-state index contributed by atoms with van der Waals surface area (Å²) in [6.07, 6.45) is 8.21. The summed E-state index contributed by atoms with van der Waals surface area (Å²) in [6.45, 7) is 14.2. The predicted octanol–water partition coefficient (Wildman–Crippen LogP) is 7.82. The third kappa shape index (κ3) is 8.76. The van der Waals surface area contributed by atoms with Gasteiger partial charge in [0.25, 0.3) is 5.91 Å². The molecule has 2 fully saturated rings. The number of hydrogen-bond acceptors (Lipinski definition) is 7. The number of pyridine rings is 1. The van der Waals surface area contributed by atoms with Crippen molar-refractivity contribution in [3.05, 3.63) is 111 Å². The monoisotopic (exact) mass is 741 g/mol. The van der Waals surface area contributed by atoms with Crippen molar-refractivity contribution in [1.29, 1.82) is 0 Å². The molecule has 0 aliphatic carbocycles. The molecular weight excluding hydrogens is 687 g/mol. The number of ether oxygens (including phenoxy) is 1. The fourth-order valence-electron chi connectivity index (χ4n) is 8.21. The Morgan fingerprint density at radius 1 is 0.927 bits per heavy atom. The summed E-state index contributed by atoms with van der Waals surface area (Å²) in [5, 5.41) is 9.53. The second-order valence-electron chi connectivity index (χ2n) is 15.3. The summed E-state index contributed by atoms with van der Waals surface area (Å²) in [4.78, 5) is 36.8. The van der Waals surface area contributed by atoms with E-state index in [2.05, 4.69) is 73.5 Å². The lowest BCUT2D eigenvalue weighted by atomic mass is 9.96. The van der Waals surface area contributed by atoms with E-state index in [-0.39, 0.29) is 11.9 Å². The number of aryl methyl sites for hydroxylation is 4. The third-order valence-electron chi connectivity index (χ3n) is 11.2. The molecule has 2 saturated heterocycles. The summed E-state index contributed by atoms with van der Waals surface area (Å²) in [7, 11) is 0. The molecule has 55 heavy (non-hydrogen) atoms. The van der Waals surface area contributed by atoms with Gasteiger partial charge < -0.3 is 20.7 Å².